The molecule has 0 saturated carbocycles. The number of hydrogen-bond acceptors (Lipinski definition) is 7. The molecule has 1 unspecified atom stereocenters. The fourth-order valence-electron chi connectivity index (χ4n) is 2.95. The van der Waals surface area contributed by atoms with Gasteiger partial charge in [0, 0.05) is 11.8 Å². The number of esters is 1. The molecule has 0 fully saturated rings. The van der Waals surface area contributed by atoms with Crippen LogP contribution in [0.5, 0.6) is 11.5 Å². The van der Waals surface area contributed by atoms with Gasteiger partial charge in [-0.25, -0.2) is 9.59 Å². The van der Waals surface area contributed by atoms with Crippen LogP contribution in [0.2, 0.25) is 0 Å². The fraction of sp³-hybridized carbons (Fsp3) is 0.500. The standard InChI is InChI=1S/C20H27N3O7/c1-10(2)9-29-19(24)16-12(5)21-20(25)22-17(16)13-7-14(23(26)27)18(30-11(3)4)15(8-13)28-6/h7-8,10-11,17H,9H2,1-6H3,(H2,21,22,25). The van der Waals surface area contributed by atoms with Gasteiger partial charge in [0.1, 0.15) is 0 Å². The van der Waals surface area contributed by atoms with Crippen LogP contribution in [0.4, 0.5) is 10.5 Å². The zero-order valence-corrected chi connectivity index (χ0v) is 17.9. The van der Waals surface area contributed by atoms with Gasteiger partial charge in [-0.05, 0) is 38.3 Å². The van der Waals surface area contributed by atoms with Crippen molar-refractivity contribution in [1.29, 1.82) is 0 Å². The molecule has 0 aromatic heterocycles. The van der Waals surface area contributed by atoms with Crippen molar-refractivity contribution in [2.45, 2.75) is 46.8 Å². The van der Waals surface area contributed by atoms with Crippen molar-refractivity contribution >= 4 is 17.7 Å². The molecule has 1 aliphatic heterocycles. The summed E-state index contributed by atoms with van der Waals surface area (Å²) >= 11 is 0. The van der Waals surface area contributed by atoms with Crippen LogP contribution < -0.4 is 20.1 Å². The van der Waals surface area contributed by atoms with Gasteiger partial charge in [0.2, 0.25) is 5.75 Å². The summed E-state index contributed by atoms with van der Waals surface area (Å²) in [6.07, 6.45) is -0.328. The molecule has 0 radical (unpaired) electrons. The topological polar surface area (TPSA) is 129 Å². The van der Waals surface area contributed by atoms with Crippen LogP contribution in [0, 0.1) is 16.0 Å². The second-order valence-electron chi connectivity index (χ2n) is 7.56. The maximum absolute atomic E-state index is 12.7. The van der Waals surface area contributed by atoms with Crippen LogP contribution in [0.3, 0.4) is 0 Å². The van der Waals surface area contributed by atoms with E-state index in [0.29, 0.717) is 11.3 Å². The van der Waals surface area contributed by atoms with Crippen LogP contribution in [0.15, 0.2) is 23.4 Å². The molecule has 0 spiro atoms. The predicted molar refractivity (Wildman–Crippen MR) is 108 cm³/mol. The number of carbonyl (C=O) groups is 2. The highest BCUT2D eigenvalue weighted by Gasteiger charge is 2.35. The highest BCUT2D eigenvalue weighted by atomic mass is 16.6. The smallest absolute Gasteiger partial charge is 0.338 e. The van der Waals surface area contributed by atoms with E-state index in [9.17, 15) is 19.7 Å². The summed E-state index contributed by atoms with van der Waals surface area (Å²) in [5.41, 5.74) is 0.421. The lowest BCUT2D eigenvalue weighted by Gasteiger charge is -2.28. The number of nitrogens with one attached hydrogen (secondary N) is 2. The lowest BCUT2D eigenvalue weighted by molar-refractivity contribution is -0.386. The van der Waals surface area contributed by atoms with Crippen molar-refractivity contribution in [1.82, 2.24) is 10.6 Å². The Hall–Kier alpha value is -3.30. The molecular formula is C20H27N3O7. The molecule has 2 rings (SSSR count). The Kier molecular flexibility index (Phi) is 7.25. The molecule has 164 valence electrons. The van der Waals surface area contributed by atoms with E-state index < -0.39 is 23.0 Å². The van der Waals surface area contributed by atoms with Crippen molar-refractivity contribution in [2.75, 3.05) is 13.7 Å². The normalized spacial score (nSPS) is 16.3. The summed E-state index contributed by atoms with van der Waals surface area (Å²) in [6.45, 7) is 9.03. The fourth-order valence-corrected chi connectivity index (χ4v) is 2.95. The minimum absolute atomic E-state index is 0.0221. The van der Waals surface area contributed by atoms with Crippen LogP contribution in [-0.2, 0) is 9.53 Å². The van der Waals surface area contributed by atoms with E-state index in [2.05, 4.69) is 10.6 Å². The number of nitro benzene ring substituents is 1. The van der Waals surface area contributed by atoms with Gasteiger partial charge in [0.05, 0.1) is 36.4 Å². The molecule has 2 N–H and O–H groups in total. The number of ether oxygens (including phenoxy) is 3. The largest absolute Gasteiger partial charge is 0.493 e. The van der Waals surface area contributed by atoms with Crippen LogP contribution in [0.1, 0.15) is 46.2 Å². The van der Waals surface area contributed by atoms with Crippen LogP contribution >= 0.6 is 0 Å². The maximum atomic E-state index is 12.7. The summed E-state index contributed by atoms with van der Waals surface area (Å²) in [5, 5.41) is 16.9. The van der Waals surface area contributed by atoms with E-state index in [1.807, 2.05) is 13.8 Å². The quantitative estimate of drug-likeness (QED) is 0.374. The van der Waals surface area contributed by atoms with Crippen molar-refractivity contribution in [3.05, 3.63) is 39.1 Å². The Labute approximate surface area is 174 Å². The molecule has 30 heavy (non-hydrogen) atoms. The highest BCUT2D eigenvalue weighted by molar-refractivity contribution is 5.95. The van der Waals surface area contributed by atoms with Gasteiger partial charge in [0.15, 0.2) is 5.75 Å². The Morgan fingerprint density at radius 2 is 1.93 bits per heavy atom. The lowest BCUT2D eigenvalue weighted by atomic mass is 9.94. The molecule has 0 aliphatic carbocycles. The van der Waals surface area contributed by atoms with Crippen molar-refractivity contribution in [2.24, 2.45) is 5.92 Å². The second kappa shape index (κ2) is 9.47. The number of benzene rings is 1. The summed E-state index contributed by atoms with van der Waals surface area (Å²) < 4.78 is 16.2. The molecular weight excluding hydrogens is 394 g/mol. The summed E-state index contributed by atoms with van der Waals surface area (Å²) in [5.74, 6) is -0.407. The molecule has 10 nitrogen and oxygen atoms in total. The van der Waals surface area contributed by atoms with Crippen LogP contribution in [-0.4, -0.2) is 36.7 Å². The average molecular weight is 421 g/mol. The van der Waals surface area contributed by atoms with Gasteiger partial charge < -0.3 is 24.8 Å². The zero-order valence-electron chi connectivity index (χ0n) is 17.9. The monoisotopic (exact) mass is 421 g/mol. The third-order valence-electron chi connectivity index (χ3n) is 4.20. The first-order valence-corrected chi connectivity index (χ1v) is 9.53. The third kappa shape index (κ3) is 5.19. The van der Waals surface area contributed by atoms with Gasteiger partial charge >= 0.3 is 17.7 Å². The van der Waals surface area contributed by atoms with Gasteiger partial charge in [-0.3, -0.25) is 10.1 Å². The van der Waals surface area contributed by atoms with E-state index in [0.717, 1.165) is 0 Å². The number of carbonyl (C=O) groups excluding carboxylic acids is 2. The first-order chi connectivity index (χ1) is 14.0. The molecule has 1 aromatic carbocycles. The predicted octanol–water partition coefficient (Wildman–Crippen LogP) is 3.22. The number of methoxy groups -OCH3 is 1. The summed E-state index contributed by atoms with van der Waals surface area (Å²) in [6, 6.07) is 1.27. The van der Waals surface area contributed by atoms with Gasteiger partial charge in [0.25, 0.3) is 0 Å². The van der Waals surface area contributed by atoms with E-state index in [1.165, 1.54) is 19.2 Å². The van der Waals surface area contributed by atoms with E-state index >= 15 is 0 Å². The number of nitrogens with zero attached hydrogens (tertiary/aromatic N) is 1. The highest BCUT2D eigenvalue weighted by Crippen LogP contribution is 2.42. The number of allylic oxidation sites excluding steroid dienone is 1. The average Bonchev–Trinajstić information content (AvgIpc) is 2.64. The van der Waals surface area contributed by atoms with E-state index in [4.69, 9.17) is 14.2 Å². The number of amides is 2. The summed E-state index contributed by atoms with van der Waals surface area (Å²) in [7, 11) is 1.36. The number of rotatable bonds is 8. The Bertz CT molecular complexity index is 877. The number of hydrogen-bond donors (Lipinski definition) is 2. The molecule has 1 aliphatic rings. The first-order valence-electron chi connectivity index (χ1n) is 9.53. The SMILES string of the molecule is COc1cc(C2NC(=O)NC(C)=C2C(=O)OCC(C)C)cc([N+](=O)[O-])c1OC(C)C. The maximum Gasteiger partial charge on any atom is 0.338 e. The van der Waals surface area contributed by atoms with Gasteiger partial charge in [-0.2, -0.15) is 0 Å². The first kappa shape index (κ1) is 23.0. The third-order valence-corrected chi connectivity index (χ3v) is 4.20. The van der Waals surface area contributed by atoms with Crippen LogP contribution in [0.25, 0.3) is 0 Å². The Balaban J connectivity index is 2.59. The van der Waals surface area contributed by atoms with E-state index in [1.54, 1.807) is 20.8 Å². The van der Waals surface area contributed by atoms with Crippen molar-refractivity contribution in [3.8, 4) is 11.5 Å². The minimum Gasteiger partial charge on any atom is -0.493 e. The summed E-state index contributed by atoms with van der Waals surface area (Å²) in [4.78, 5) is 35.9. The molecule has 0 bridgehead atoms. The molecule has 0 saturated heterocycles. The van der Waals surface area contributed by atoms with Gasteiger partial charge in [-0.1, -0.05) is 13.8 Å². The molecule has 1 heterocycles. The minimum atomic E-state index is -0.959. The molecule has 2 amide bonds. The number of nitro groups is 1. The van der Waals surface area contributed by atoms with Crippen molar-refractivity contribution < 1.29 is 28.7 Å². The van der Waals surface area contributed by atoms with Crippen molar-refractivity contribution in [3.63, 3.8) is 0 Å². The van der Waals surface area contributed by atoms with E-state index in [-0.39, 0.29) is 41.4 Å². The number of urea groups is 1. The lowest BCUT2D eigenvalue weighted by Crippen LogP contribution is -2.45. The Morgan fingerprint density at radius 1 is 1.27 bits per heavy atom. The van der Waals surface area contributed by atoms with Gasteiger partial charge in [-0.15, -0.1) is 0 Å². The molecule has 1 atom stereocenters. The molecule has 10 heteroatoms. The zero-order chi connectivity index (χ0) is 22.6. The second-order valence-corrected chi connectivity index (χ2v) is 7.56. The molecule has 1 aromatic rings. The Morgan fingerprint density at radius 3 is 2.47 bits per heavy atom.